The summed E-state index contributed by atoms with van der Waals surface area (Å²) in [4.78, 5) is 11.2. The second-order valence-electron chi connectivity index (χ2n) is 12.1. The Morgan fingerprint density at radius 2 is 0.636 bits per heavy atom. The fourth-order valence-electron chi connectivity index (χ4n) is 5.37. The van der Waals surface area contributed by atoms with Gasteiger partial charge in [0.2, 0.25) is 0 Å². The van der Waals surface area contributed by atoms with Crippen LogP contribution in [0.5, 0.6) is 0 Å². The van der Waals surface area contributed by atoms with Gasteiger partial charge in [-0.2, -0.15) is 0 Å². The smallest absolute Gasteiger partial charge is 0.305 e. The van der Waals surface area contributed by atoms with Crippen LogP contribution in [0.25, 0.3) is 0 Å². The van der Waals surface area contributed by atoms with Gasteiger partial charge in [0, 0.05) is 6.42 Å². The third kappa shape index (κ3) is 20.5. The average molecular weight is 771 g/mol. The first-order valence-corrected chi connectivity index (χ1v) is 19.4. The van der Waals surface area contributed by atoms with Crippen molar-refractivity contribution in [1.29, 1.82) is 0 Å². The molecule has 55 heavy (non-hydrogen) atoms. The van der Waals surface area contributed by atoms with Crippen LogP contribution >= 0.6 is 0 Å². The standard InChI is InChI=1S/C43H62O12/c1-2-12-42(44)54-37-35-52-33-31-50-29-27-48-25-23-46-21-19-45-20-22-47-24-26-49-28-30-51-32-34-53-36-38-55-43(39-13-6-3-7-14-39,40-15-8-4-9-16-40)41-17-10-5-11-18-41/h3-11,13-18H,2,12,19-38H2,1H3. The van der Waals surface area contributed by atoms with Gasteiger partial charge in [0.15, 0.2) is 0 Å². The van der Waals surface area contributed by atoms with Crippen molar-refractivity contribution in [2.75, 3.05) is 132 Å². The first kappa shape index (κ1) is 46.1. The highest BCUT2D eigenvalue weighted by atomic mass is 16.6. The molecule has 0 heterocycles. The van der Waals surface area contributed by atoms with Crippen molar-refractivity contribution < 1.29 is 56.9 Å². The van der Waals surface area contributed by atoms with Crippen LogP contribution in [0.2, 0.25) is 0 Å². The number of hydrogen-bond acceptors (Lipinski definition) is 12. The zero-order valence-corrected chi connectivity index (χ0v) is 32.6. The SMILES string of the molecule is CCCC(=O)OCCOCCOCCOCCOCCOCCOCCOCCOCCOCCOC(c1ccccc1)(c1ccccc1)c1ccccc1. The molecule has 0 spiro atoms. The number of esters is 1. The molecule has 3 aromatic rings. The highest BCUT2D eigenvalue weighted by Crippen LogP contribution is 2.40. The molecule has 0 aliphatic heterocycles. The van der Waals surface area contributed by atoms with Crippen molar-refractivity contribution in [3.63, 3.8) is 0 Å². The lowest BCUT2D eigenvalue weighted by atomic mass is 9.80. The van der Waals surface area contributed by atoms with E-state index >= 15 is 0 Å². The van der Waals surface area contributed by atoms with E-state index in [-0.39, 0.29) is 12.6 Å². The fourth-order valence-corrected chi connectivity index (χ4v) is 5.37. The molecule has 3 aromatic carbocycles. The highest BCUT2D eigenvalue weighted by Gasteiger charge is 2.37. The molecular weight excluding hydrogens is 708 g/mol. The van der Waals surface area contributed by atoms with E-state index in [9.17, 15) is 4.79 Å². The Kier molecular flexibility index (Phi) is 26.7. The molecule has 0 saturated heterocycles. The van der Waals surface area contributed by atoms with Crippen LogP contribution < -0.4 is 0 Å². The van der Waals surface area contributed by atoms with E-state index in [0.717, 1.165) is 23.1 Å². The van der Waals surface area contributed by atoms with Crippen molar-refractivity contribution in [2.45, 2.75) is 25.4 Å². The molecule has 0 saturated carbocycles. The Hall–Kier alpha value is -3.27. The van der Waals surface area contributed by atoms with Gasteiger partial charge in [0.25, 0.3) is 0 Å². The van der Waals surface area contributed by atoms with E-state index in [0.29, 0.717) is 132 Å². The van der Waals surface area contributed by atoms with E-state index in [1.807, 2.05) is 61.5 Å². The van der Waals surface area contributed by atoms with Gasteiger partial charge in [-0.05, 0) is 23.1 Å². The lowest BCUT2D eigenvalue weighted by Crippen LogP contribution is -2.34. The predicted octanol–water partition coefficient (Wildman–Crippen LogP) is 5.49. The molecule has 0 amide bonds. The van der Waals surface area contributed by atoms with Crippen LogP contribution in [0.3, 0.4) is 0 Å². The molecule has 12 nitrogen and oxygen atoms in total. The fraction of sp³-hybridized carbons (Fsp3) is 0.558. The maximum absolute atomic E-state index is 11.2. The van der Waals surface area contributed by atoms with Gasteiger partial charge in [-0.25, -0.2) is 0 Å². The summed E-state index contributed by atoms with van der Waals surface area (Å²) >= 11 is 0. The quantitative estimate of drug-likeness (QED) is 0.0423. The van der Waals surface area contributed by atoms with Gasteiger partial charge in [-0.1, -0.05) is 97.9 Å². The maximum atomic E-state index is 11.2. The molecule has 0 aliphatic carbocycles. The minimum Gasteiger partial charge on any atom is -0.463 e. The molecule has 306 valence electrons. The van der Waals surface area contributed by atoms with E-state index in [1.54, 1.807) is 0 Å². The Bertz CT molecular complexity index is 1200. The monoisotopic (exact) mass is 770 g/mol. The molecular formula is C43H62O12. The Morgan fingerprint density at radius 1 is 0.382 bits per heavy atom. The first-order chi connectivity index (χ1) is 27.3. The minimum atomic E-state index is -0.755. The van der Waals surface area contributed by atoms with Crippen molar-refractivity contribution in [2.24, 2.45) is 0 Å². The Morgan fingerprint density at radius 3 is 0.909 bits per heavy atom. The molecule has 0 N–H and O–H groups in total. The van der Waals surface area contributed by atoms with Crippen LogP contribution in [0, 0.1) is 0 Å². The highest BCUT2D eigenvalue weighted by molar-refractivity contribution is 5.69. The summed E-state index contributed by atoms with van der Waals surface area (Å²) < 4.78 is 61.6. The second kappa shape index (κ2) is 31.9. The largest absolute Gasteiger partial charge is 0.463 e. The van der Waals surface area contributed by atoms with Gasteiger partial charge >= 0.3 is 5.97 Å². The van der Waals surface area contributed by atoms with E-state index in [2.05, 4.69) is 36.4 Å². The molecule has 0 aromatic heterocycles. The molecule has 0 unspecified atom stereocenters. The number of rotatable bonds is 36. The maximum Gasteiger partial charge on any atom is 0.305 e. The summed E-state index contributed by atoms with van der Waals surface area (Å²) in [6, 6.07) is 31.0. The molecule has 0 radical (unpaired) electrons. The van der Waals surface area contributed by atoms with Gasteiger partial charge in [-0.15, -0.1) is 0 Å². The second-order valence-corrected chi connectivity index (χ2v) is 12.1. The van der Waals surface area contributed by atoms with Crippen LogP contribution in [-0.2, 0) is 62.5 Å². The van der Waals surface area contributed by atoms with Gasteiger partial charge in [0.05, 0.1) is 126 Å². The summed E-state index contributed by atoms with van der Waals surface area (Å²) in [6.07, 6.45) is 1.22. The van der Waals surface area contributed by atoms with Gasteiger partial charge < -0.3 is 52.1 Å². The lowest BCUT2D eigenvalue weighted by Gasteiger charge is -2.36. The normalized spacial score (nSPS) is 11.6. The Balaban J connectivity index is 1.06. The van der Waals surface area contributed by atoms with Crippen LogP contribution in [0.4, 0.5) is 0 Å². The number of ether oxygens (including phenoxy) is 11. The first-order valence-electron chi connectivity index (χ1n) is 19.4. The summed E-state index contributed by atoms with van der Waals surface area (Å²) in [5, 5.41) is 0. The number of carbonyl (C=O) groups excluding carboxylic acids is 1. The van der Waals surface area contributed by atoms with Crippen molar-refractivity contribution in [3.05, 3.63) is 108 Å². The van der Waals surface area contributed by atoms with Crippen LogP contribution in [-0.4, -0.2) is 138 Å². The number of hydrogen-bond donors (Lipinski definition) is 0. The molecule has 12 heteroatoms. The number of benzene rings is 3. The molecule has 0 atom stereocenters. The summed E-state index contributed by atoms with van der Waals surface area (Å²) in [5.41, 5.74) is 2.44. The zero-order valence-electron chi connectivity index (χ0n) is 32.6. The van der Waals surface area contributed by atoms with Crippen molar-refractivity contribution in [3.8, 4) is 0 Å². The van der Waals surface area contributed by atoms with Gasteiger partial charge in [-0.3, -0.25) is 4.79 Å². The predicted molar refractivity (Wildman–Crippen MR) is 208 cm³/mol. The van der Waals surface area contributed by atoms with Crippen molar-refractivity contribution in [1.82, 2.24) is 0 Å². The summed E-state index contributed by atoms with van der Waals surface area (Å²) in [6.45, 7) is 11.1. The van der Waals surface area contributed by atoms with E-state index in [4.69, 9.17) is 52.1 Å². The lowest BCUT2D eigenvalue weighted by molar-refractivity contribution is -0.145. The third-order valence-electron chi connectivity index (χ3n) is 8.01. The van der Waals surface area contributed by atoms with Crippen LogP contribution in [0.15, 0.2) is 91.0 Å². The summed E-state index contributed by atoms with van der Waals surface area (Å²) in [5.74, 6) is -0.189. The van der Waals surface area contributed by atoms with E-state index < -0.39 is 5.60 Å². The topological polar surface area (TPSA) is 119 Å². The molecule has 0 aliphatic rings. The molecule has 3 rings (SSSR count). The molecule has 0 bridgehead atoms. The summed E-state index contributed by atoms with van der Waals surface area (Å²) in [7, 11) is 0. The van der Waals surface area contributed by atoms with Gasteiger partial charge in [0.1, 0.15) is 12.2 Å². The average Bonchev–Trinajstić information content (AvgIpc) is 3.22. The minimum absolute atomic E-state index is 0.189. The third-order valence-corrected chi connectivity index (χ3v) is 8.01. The number of carbonyl (C=O) groups is 1. The van der Waals surface area contributed by atoms with Crippen molar-refractivity contribution >= 4 is 5.97 Å². The van der Waals surface area contributed by atoms with Crippen LogP contribution in [0.1, 0.15) is 36.5 Å². The van der Waals surface area contributed by atoms with E-state index in [1.165, 1.54) is 0 Å². The zero-order chi connectivity index (χ0) is 38.8. The Labute approximate surface area is 327 Å². The molecule has 0 fully saturated rings.